The van der Waals surface area contributed by atoms with E-state index < -0.39 is 0 Å². The lowest BCUT2D eigenvalue weighted by Gasteiger charge is -2.22. The third-order valence-corrected chi connectivity index (χ3v) is 4.80. The van der Waals surface area contributed by atoms with E-state index in [9.17, 15) is 0 Å². The fourth-order valence-electron chi connectivity index (χ4n) is 2.17. The number of aromatic amines is 1. The van der Waals surface area contributed by atoms with E-state index in [1.54, 1.807) is 0 Å². The molecule has 1 aliphatic rings. The van der Waals surface area contributed by atoms with E-state index >= 15 is 0 Å². The lowest BCUT2D eigenvalue weighted by Crippen LogP contribution is -2.33. The highest BCUT2D eigenvalue weighted by molar-refractivity contribution is 7.99. The lowest BCUT2D eigenvalue weighted by molar-refractivity contribution is 0.504. The number of imidazole rings is 1. The Labute approximate surface area is 118 Å². The van der Waals surface area contributed by atoms with E-state index in [1.165, 1.54) is 30.8 Å². The van der Waals surface area contributed by atoms with Crippen LogP contribution in [0, 0.1) is 0 Å². The SMILES string of the molecule is CCCCc1nc(Cl)c(CNC2CCCSC2)[nH]1. The van der Waals surface area contributed by atoms with E-state index in [-0.39, 0.29) is 0 Å². The predicted octanol–water partition coefficient (Wildman–Crippen LogP) is 3.39. The van der Waals surface area contributed by atoms with Crippen molar-refractivity contribution in [3.05, 3.63) is 16.7 Å². The van der Waals surface area contributed by atoms with Crippen LogP contribution in [-0.4, -0.2) is 27.5 Å². The number of hydrogen-bond donors (Lipinski definition) is 2. The van der Waals surface area contributed by atoms with Crippen molar-refractivity contribution in [2.75, 3.05) is 11.5 Å². The van der Waals surface area contributed by atoms with Crippen LogP contribution in [0.25, 0.3) is 0 Å². The van der Waals surface area contributed by atoms with Crippen LogP contribution in [0.1, 0.15) is 44.1 Å². The predicted molar refractivity (Wildman–Crippen MR) is 79.4 cm³/mol. The number of aryl methyl sites for hydroxylation is 1. The van der Waals surface area contributed by atoms with Crippen molar-refractivity contribution in [2.24, 2.45) is 0 Å². The van der Waals surface area contributed by atoms with Gasteiger partial charge in [-0.05, 0) is 25.0 Å². The number of nitrogens with one attached hydrogen (secondary N) is 2. The van der Waals surface area contributed by atoms with E-state index in [0.29, 0.717) is 11.2 Å². The third kappa shape index (κ3) is 4.18. The number of hydrogen-bond acceptors (Lipinski definition) is 3. The molecule has 0 radical (unpaired) electrons. The summed E-state index contributed by atoms with van der Waals surface area (Å²) in [7, 11) is 0. The Morgan fingerprint density at radius 1 is 1.56 bits per heavy atom. The van der Waals surface area contributed by atoms with Gasteiger partial charge in [-0.15, -0.1) is 0 Å². The van der Waals surface area contributed by atoms with Crippen molar-refractivity contribution in [1.29, 1.82) is 0 Å². The Morgan fingerprint density at radius 3 is 3.17 bits per heavy atom. The maximum absolute atomic E-state index is 6.15. The van der Waals surface area contributed by atoms with Gasteiger partial charge in [-0.25, -0.2) is 4.98 Å². The van der Waals surface area contributed by atoms with Gasteiger partial charge in [0, 0.05) is 24.8 Å². The number of rotatable bonds is 6. The Bertz CT molecular complexity index is 361. The first-order valence-corrected chi connectivity index (χ1v) is 8.37. The van der Waals surface area contributed by atoms with Crippen LogP contribution in [0.15, 0.2) is 0 Å². The molecule has 1 aliphatic heterocycles. The zero-order valence-electron chi connectivity index (χ0n) is 11.0. The highest BCUT2D eigenvalue weighted by Gasteiger charge is 2.14. The van der Waals surface area contributed by atoms with Crippen molar-refractivity contribution < 1.29 is 0 Å². The van der Waals surface area contributed by atoms with Crippen molar-refractivity contribution in [3.8, 4) is 0 Å². The molecule has 0 bridgehead atoms. The Hall–Kier alpha value is -0.190. The van der Waals surface area contributed by atoms with Crippen LogP contribution >= 0.6 is 23.4 Å². The summed E-state index contributed by atoms with van der Waals surface area (Å²) in [5.41, 5.74) is 1.04. The van der Waals surface area contributed by atoms with Gasteiger partial charge in [0.05, 0.1) is 5.69 Å². The molecule has 1 fully saturated rings. The largest absolute Gasteiger partial charge is 0.344 e. The second-order valence-electron chi connectivity index (χ2n) is 4.85. The fraction of sp³-hybridized carbons (Fsp3) is 0.769. The molecule has 1 atom stereocenters. The number of unbranched alkanes of at least 4 members (excludes halogenated alkanes) is 1. The molecule has 1 aromatic rings. The third-order valence-electron chi connectivity index (χ3n) is 3.27. The summed E-state index contributed by atoms with van der Waals surface area (Å²) in [5.74, 6) is 3.55. The zero-order chi connectivity index (χ0) is 12.8. The summed E-state index contributed by atoms with van der Waals surface area (Å²) in [6.07, 6.45) is 5.94. The number of thioether (sulfide) groups is 1. The van der Waals surface area contributed by atoms with E-state index in [0.717, 1.165) is 30.9 Å². The Morgan fingerprint density at radius 2 is 2.44 bits per heavy atom. The molecule has 0 aromatic carbocycles. The molecule has 1 saturated heterocycles. The summed E-state index contributed by atoms with van der Waals surface area (Å²) in [4.78, 5) is 7.72. The molecule has 0 amide bonds. The molecule has 1 unspecified atom stereocenters. The summed E-state index contributed by atoms with van der Waals surface area (Å²) in [6.45, 7) is 3.00. The monoisotopic (exact) mass is 287 g/mol. The first-order valence-electron chi connectivity index (χ1n) is 6.84. The Kier molecular flexibility index (Phi) is 5.86. The molecule has 18 heavy (non-hydrogen) atoms. The maximum atomic E-state index is 6.15. The Balaban J connectivity index is 1.82. The molecule has 102 valence electrons. The number of aromatic nitrogens is 2. The van der Waals surface area contributed by atoms with Crippen molar-refractivity contribution in [3.63, 3.8) is 0 Å². The number of nitrogens with zero attached hydrogens (tertiary/aromatic N) is 1. The quantitative estimate of drug-likeness (QED) is 0.843. The number of H-pyrrole nitrogens is 1. The van der Waals surface area contributed by atoms with Gasteiger partial charge in [0.2, 0.25) is 0 Å². The van der Waals surface area contributed by atoms with Crippen LogP contribution in [0.4, 0.5) is 0 Å². The second kappa shape index (κ2) is 7.41. The molecular formula is C13H22ClN3S. The fourth-order valence-corrected chi connectivity index (χ4v) is 3.49. The molecule has 2 N–H and O–H groups in total. The zero-order valence-corrected chi connectivity index (χ0v) is 12.5. The molecule has 5 heteroatoms. The minimum atomic E-state index is 0.627. The molecule has 0 aliphatic carbocycles. The number of halogens is 1. The van der Waals surface area contributed by atoms with Crippen molar-refractivity contribution >= 4 is 23.4 Å². The van der Waals surface area contributed by atoms with Crippen LogP contribution < -0.4 is 5.32 Å². The normalized spacial score (nSPS) is 20.2. The van der Waals surface area contributed by atoms with Crippen LogP contribution in [-0.2, 0) is 13.0 Å². The van der Waals surface area contributed by atoms with Gasteiger partial charge in [-0.3, -0.25) is 0 Å². The van der Waals surface area contributed by atoms with Crippen LogP contribution in [0.3, 0.4) is 0 Å². The van der Waals surface area contributed by atoms with Gasteiger partial charge in [0.15, 0.2) is 5.15 Å². The lowest BCUT2D eigenvalue weighted by atomic mass is 10.2. The molecule has 2 rings (SSSR count). The van der Waals surface area contributed by atoms with Crippen LogP contribution in [0.5, 0.6) is 0 Å². The summed E-state index contributed by atoms with van der Waals surface area (Å²) in [5, 5.41) is 4.21. The van der Waals surface area contributed by atoms with Gasteiger partial charge < -0.3 is 10.3 Å². The van der Waals surface area contributed by atoms with Crippen LogP contribution in [0.2, 0.25) is 5.15 Å². The highest BCUT2D eigenvalue weighted by Crippen LogP contribution is 2.18. The van der Waals surface area contributed by atoms with Crippen molar-refractivity contribution in [1.82, 2.24) is 15.3 Å². The van der Waals surface area contributed by atoms with E-state index in [1.807, 2.05) is 11.8 Å². The minimum absolute atomic E-state index is 0.627. The minimum Gasteiger partial charge on any atom is -0.344 e. The summed E-state index contributed by atoms with van der Waals surface area (Å²) >= 11 is 8.19. The molecule has 0 saturated carbocycles. The molecule has 2 heterocycles. The summed E-state index contributed by atoms with van der Waals surface area (Å²) < 4.78 is 0. The summed E-state index contributed by atoms with van der Waals surface area (Å²) in [6, 6.07) is 0.627. The topological polar surface area (TPSA) is 40.7 Å². The molecule has 1 aromatic heterocycles. The second-order valence-corrected chi connectivity index (χ2v) is 6.36. The molecular weight excluding hydrogens is 266 g/mol. The van der Waals surface area contributed by atoms with Gasteiger partial charge in [0.1, 0.15) is 5.82 Å². The highest BCUT2D eigenvalue weighted by atomic mass is 35.5. The smallest absolute Gasteiger partial charge is 0.151 e. The average Bonchev–Trinajstić information content (AvgIpc) is 2.76. The first-order chi connectivity index (χ1) is 8.79. The first kappa shape index (κ1) is 14.2. The van der Waals surface area contributed by atoms with E-state index in [4.69, 9.17) is 11.6 Å². The van der Waals surface area contributed by atoms with Gasteiger partial charge >= 0.3 is 0 Å². The maximum Gasteiger partial charge on any atom is 0.151 e. The standard InChI is InChI=1S/C13H22ClN3S/c1-2-3-6-12-16-11(13(14)17-12)8-15-10-5-4-7-18-9-10/h10,15H,2-9H2,1H3,(H,16,17). The van der Waals surface area contributed by atoms with Gasteiger partial charge in [-0.2, -0.15) is 11.8 Å². The average molecular weight is 288 g/mol. The van der Waals surface area contributed by atoms with Gasteiger partial charge in [0.25, 0.3) is 0 Å². The van der Waals surface area contributed by atoms with Crippen molar-refractivity contribution in [2.45, 2.75) is 51.6 Å². The van der Waals surface area contributed by atoms with Gasteiger partial charge in [-0.1, -0.05) is 24.9 Å². The molecule has 0 spiro atoms. The van der Waals surface area contributed by atoms with E-state index in [2.05, 4.69) is 22.2 Å². The molecule has 3 nitrogen and oxygen atoms in total.